The molecule has 0 unspecified atom stereocenters. The summed E-state index contributed by atoms with van der Waals surface area (Å²) >= 11 is 3.09. The number of nitrogens with zero attached hydrogens (tertiary/aromatic N) is 2. The van der Waals surface area contributed by atoms with Gasteiger partial charge in [-0.15, -0.1) is 0 Å². The van der Waals surface area contributed by atoms with Gasteiger partial charge in [0.25, 0.3) is 4.80 Å². The number of para-hydroxylation sites is 1. The average Bonchev–Trinajstić information content (AvgIpc) is 2.65. The van der Waals surface area contributed by atoms with Crippen molar-refractivity contribution in [1.82, 2.24) is 10.1 Å². The number of rotatable bonds is 2. The zero-order valence-electron chi connectivity index (χ0n) is 7.40. The largest absolute Gasteiger partial charge is 0.496 e. The maximum Gasteiger partial charge on any atom is 0.294 e. The molecular formula is C9H7BrN2O2. The lowest BCUT2D eigenvalue weighted by Gasteiger charge is -2.02. The molecule has 0 radical (unpaired) electrons. The summed E-state index contributed by atoms with van der Waals surface area (Å²) in [6, 6.07) is 7.50. The van der Waals surface area contributed by atoms with Crippen LogP contribution in [0.2, 0.25) is 0 Å². The van der Waals surface area contributed by atoms with E-state index in [0.29, 0.717) is 10.6 Å². The first-order valence-corrected chi connectivity index (χ1v) is 4.73. The standard InChI is InChI=1S/C9H7BrN2O2/c1-13-7-5-3-2-4-6(7)8-11-9(10)14-12-8/h2-5H,1H3. The van der Waals surface area contributed by atoms with E-state index in [4.69, 9.17) is 9.26 Å². The Hall–Kier alpha value is -1.36. The molecule has 1 aromatic carbocycles. The number of hydrogen-bond donors (Lipinski definition) is 0. The van der Waals surface area contributed by atoms with Crippen molar-refractivity contribution in [2.75, 3.05) is 7.11 Å². The summed E-state index contributed by atoms with van der Waals surface area (Å²) in [7, 11) is 1.61. The summed E-state index contributed by atoms with van der Waals surface area (Å²) in [6.07, 6.45) is 0. The summed E-state index contributed by atoms with van der Waals surface area (Å²) < 4.78 is 9.99. The van der Waals surface area contributed by atoms with Gasteiger partial charge in [-0.25, -0.2) is 0 Å². The predicted molar refractivity (Wildman–Crippen MR) is 54.0 cm³/mol. The van der Waals surface area contributed by atoms with Crippen LogP contribution >= 0.6 is 15.9 Å². The molecule has 4 nitrogen and oxygen atoms in total. The van der Waals surface area contributed by atoms with Gasteiger partial charge in [0.2, 0.25) is 5.82 Å². The Kier molecular flexibility index (Phi) is 2.49. The Bertz CT molecular complexity index is 442. The van der Waals surface area contributed by atoms with Gasteiger partial charge in [-0.1, -0.05) is 17.3 Å². The third-order valence-electron chi connectivity index (χ3n) is 1.75. The van der Waals surface area contributed by atoms with E-state index in [2.05, 4.69) is 26.1 Å². The van der Waals surface area contributed by atoms with E-state index in [9.17, 15) is 0 Å². The molecule has 0 N–H and O–H groups in total. The number of benzene rings is 1. The zero-order chi connectivity index (χ0) is 9.97. The van der Waals surface area contributed by atoms with Crippen LogP contribution in [0, 0.1) is 0 Å². The minimum atomic E-state index is 0.360. The molecule has 1 aromatic heterocycles. The lowest BCUT2D eigenvalue weighted by atomic mass is 10.2. The van der Waals surface area contributed by atoms with Crippen LogP contribution < -0.4 is 4.74 Å². The minimum Gasteiger partial charge on any atom is -0.496 e. The summed E-state index contributed by atoms with van der Waals surface area (Å²) in [5.41, 5.74) is 0.810. The van der Waals surface area contributed by atoms with Crippen LogP contribution in [0.1, 0.15) is 0 Å². The summed E-state index contributed by atoms with van der Waals surface area (Å²) in [5.74, 6) is 1.23. The molecule has 0 amide bonds. The maximum atomic E-state index is 5.17. The molecule has 0 atom stereocenters. The maximum absolute atomic E-state index is 5.17. The van der Waals surface area contributed by atoms with Gasteiger partial charge in [0, 0.05) is 15.9 Å². The Morgan fingerprint density at radius 1 is 1.36 bits per heavy atom. The summed E-state index contributed by atoms with van der Waals surface area (Å²) in [4.78, 5) is 4.41. The smallest absolute Gasteiger partial charge is 0.294 e. The van der Waals surface area contributed by atoms with E-state index in [1.165, 1.54) is 0 Å². The number of hydrogen-bond acceptors (Lipinski definition) is 4. The zero-order valence-corrected chi connectivity index (χ0v) is 8.98. The molecule has 0 bridgehead atoms. The first-order chi connectivity index (χ1) is 6.81. The van der Waals surface area contributed by atoms with Crippen molar-refractivity contribution >= 4 is 15.9 Å². The molecule has 72 valence electrons. The fourth-order valence-electron chi connectivity index (χ4n) is 1.14. The second-order valence-electron chi connectivity index (χ2n) is 2.57. The molecule has 0 aliphatic rings. The normalized spacial score (nSPS) is 10.1. The SMILES string of the molecule is COc1ccccc1-c1noc(Br)n1. The van der Waals surface area contributed by atoms with E-state index in [1.807, 2.05) is 24.3 Å². The molecule has 0 aliphatic carbocycles. The Morgan fingerprint density at radius 2 is 2.14 bits per heavy atom. The lowest BCUT2D eigenvalue weighted by Crippen LogP contribution is -1.88. The van der Waals surface area contributed by atoms with E-state index in [1.54, 1.807) is 7.11 Å². The highest BCUT2D eigenvalue weighted by Crippen LogP contribution is 2.27. The van der Waals surface area contributed by atoms with E-state index in [-0.39, 0.29) is 0 Å². The fourth-order valence-corrected chi connectivity index (χ4v) is 1.38. The molecule has 14 heavy (non-hydrogen) atoms. The van der Waals surface area contributed by atoms with Crippen molar-refractivity contribution in [3.63, 3.8) is 0 Å². The van der Waals surface area contributed by atoms with Gasteiger partial charge < -0.3 is 9.26 Å². The van der Waals surface area contributed by atoms with Crippen LogP contribution in [0.25, 0.3) is 11.4 Å². The first-order valence-electron chi connectivity index (χ1n) is 3.94. The van der Waals surface area contributed by atoms with Gasteiger partial charge in [-0.05, 0) is 12.1 Å². The fraction of sp³-hybridized carbons (Fsp3) is 0.111. The number of aromatic nitrogens is 2. The molecule has 0 saturated carbocycles. The van der Waals surface area contributed by atoms with Gasteiger partial charge in [0.15, 0.2) is 0 Å². The Balaban J connectivity index is 2.50. The molecule has 2 rings (SSSR count). The molecule has 0 spiro atoms. The summed E-state index contributed by atoms with van der Waals surface area (Å²) in [5, 5.41) is 3.78. The third-order valence-corrected chi connectivity index (χ3v) is 2.07. The molecule has 0 saturated heterocycles. The Labute approximate surface area is 89.0 Å². The molecule has 2 aromatic rings. The number of ether oxygens (including phenoxy) is 1. The van der Waals surface area contributed by atoms with Crippen molar-refractivity contribution < 1.29 is 9.26 Å². The van der Waals surface area contributed by atoms with Gasteiger partial charge >= 0.3 is 0 Å². The van der Waals surface area contributed by atoms with Crippen molar-refractivity contribution in [2.45, 2.75) is 0 Å². The highest BCUT2D eigenvalue weighted by Gasteiger charge is 2.10. The highest BCUT2D eigenvalue weighted by molar-refractivity contribution is 9.10. The quantitative estimate of drug-likeness (QED) is 0.827. The lowest BCUT2D eigenvalue weighted by molar-refractivity contribution is 0.395. The first kappa shape index (κ1) is 9.21. The van der Waals surface area contributed by atoms with Gasteiger partial charge in [-0.2, -0.15) is 4.98 Å². The predicted octanol–water partition coefficient (Wildman–Crippen LogP) is 2.51. The molecule has 5 heteroatoms. The van der Waals surface area contributed by atoms with E-state index in [0.717, 1.165) is 11.3 Å². The van der Waals surface area contributed by atoms with Crippen LogP contribution in [0.15, 0.2) is 33.6 Å². The molecule has 0 fully saturated rings. The molecule has 1 heterocycles. The molecule has 0 aliphatic heterocycles. The van der Waals surface area contributed by atoms with Crippen LogP contribution in [-0.2, 0) is 0 Å². The topological polar surface area (TPSA) is 48.2 Å². The highest BCUT2D eigenvalue weighted by atomic mass is 79.9. The molecular weight excluding hydrogens is 248 g/mol. The van der Waals surface area contributed by atoms with Crippen molar-refractivity contribution in [2.24, 2.45) is 0 Å². The summed E-state index contributed by atoms with van der Waals surface area (Å²) in [6.45, 7) is 0. The van der Waals surface area contributed by atoms with Gasteiger partial charge in [-0.3, -0.25) is 0 Å². The number of methoxy groups -OCH3 is 1. The van der Waals surface area contributed by atoms with Gasteiger partial charge in [0.1, 0.15) is 5.75 Å². The van der Waals surface area contributed by atoms with Crippen LogP contribution in [-0.4, -0.2) is 17.3 Å². The average molecular weight is 255 g/mol. The van der Waals surface area contributed by atoms with E-state index >= 15 is 0 Å². The van der Waals surface area contributed by atoms with Crippen molar-refractivity contribution in [1.29, 1.82) is 0 Å². The second kappa shape index (κ2) is 3.79. The van der Waals surface area contributed by atoms with Crippen LogP contribution in [0.4, 0.5) is 0 Å². The van der Waals surface area contributed by atoms with Gasteiger partial charge in [0.05, 0.1) is 12.7 Å². The van der Waals surface area contributed by atoms with Crippen LogP contribution in [0.5, 0.6) is 5.75 Å². The Morgan fingerprint density at radius 3 is 2.79 bits per heavy atom. The minimum absolute atomic E-state index is 0.360. The van der Waals surface area contributed by atoms with E-state index < -0.39 is 0 Å². The van der Waals surface area contributed by atoms with Crippen molar-refractivity contribution in [3.05, 3.63) is 29.1 Å². The third kappa shape index (κ3) is 1.63. The monoisotopic (exact) mass is 254 g/mol. The second-order valence-corrected chi connectivity index (χ2v) is 3.25. The van der Waals surface area contributed by atoms with Crippen molar-refractivity contribution in [3.8, 4) is 17.1 Å². The number of halogens is 1. The van der Waals surface area contributed by atoms with Crippen LogP contribution in [0.3, 0.4) is 0 Å².